The Morgan fingerprint density at radius 1 is 1.15 bits per heavy atom. The molecule has 0 saturated heterocycles. The highest BCUT2D eigenvalue weighted by atomic mass is 32.1. The van der Waals surface area contributed by atoms with Crippen molar-refractivity contribution in [3.63, 3.8) is 0 Å². The zero-order valence-corrected chi connectivity index (χ0v) is 12.6. The lowest BCUT2D eigenvalue weighted by Crippen LogP contribution is -2.16. The quantitative estimate of drug-likeness (QED) is 0.754. The summed E-state index contributed by atoms with van der Waals surface area (Å²) in [4.78, 5) is 7.12. The van der Waals surface area contributed by atoms with Crippen LogP contribution in [0.1, 0.15) is 24.8 Å². The van der Waals surface area contributed by atoms with Crippen LogP contribution < -0.4 is 5.32 Å². The van der Waals surface area contributed by atoms with Crippen molar-refractivity contribution in [3.05, 3.63) is 53.5 Å². The number of aromatic nitrogens is 1. The Hall–Kier alpha value is -1.71. The summed E-state index contributed by atoms with van der Waals surface area (Å²) in [6.07, 6.45) is 1.85. The van der Waals surface area contributed by atoms with Crippen molar-refractivity contribution in [3.8, 4) is 10.4 Å². The van der Waals surface area contributed by atoms with Crippen molar-refractivity contribution in [2.45, 2.75) is 19.9 Å². The molecule has 2 heterocycles. The van der Waals surface area contributed by atoms with Crippen LogP contribution in [-0.4, -0.2) is 11.5 Å². The number of nitrogens with one attached hydrogen (secondary N) is 1. The van der Waals surface area contributed by atoms with E-state index in [0.29, 0.717) is 6.04 Å². The first-order chi connectivity index (χ1) is 9.79. The Balaban J connectivity index is 2.03. The SMILES string of the molecule is CCNC(C)c1ccc(-c2cccc3ncccc23)s1. The molecule has 1 aromatic carbocycles. The van der Waals surface area contributed by atoms with E-state index in [1.807, 2.05) is 23.6 Å². The van der Waals surface area contributed by atoms with E-state index in [-0.39, 0.29) is 0 Å². The Bertz CT molecular complexity index is 712. The van der Waals surface area contributed by atoms with Gasteiger partial charge in [-0.15, -0.1) is 11.3 Å². The summed E-state index contributed by atoms with van der Waals surface area (Å²) in [5.74, 6) is 0. The van der Waals surface area contributed by atoms with Crippen LogP contribution in [-0.2, 0) is 0 Å². The number of thiophene rings is 1. The molecule has 1 unspecified atom stereocenters. The van der Waals surface area contributed by atoms with Crippen molar-refractivity contribution >= 4 is 22.2 Å². The third-order valence-electron chi connectivity index (χ3n) is 3.48. The normalized spacial score (nSPS) is 12.7. The van der Waals surface area contributed by atoms with Gasteiger partial charge in [0.2, 0.25) is 0 Å². The largest absolute Gasteiger partial charge is 0.310 e. The third-order valence-corrected chi connectivity index (χ3v) is 4.78. The molecule has 0 radical (unpaired) electrons. The van der Waals surface area contributed by atoms with E-state index in [0.717, 1.165) is 12.1 Å². The van der Waals surface area contributed by atoms with Crippen molar-refractivity contribution in [1.82, 2.24) is 10.3 Å². The lowest BCUT2D eigenvalue weighted by Gasteiger charge is -2.09. The minimum absolute atomic E-state index is 0.409. The zero-order chi connectivity index (χ0) is 13.9. The van der Waals surface area contributed by atoms with Crippen molar-refractivity contribution < 1.29 is 0 Å². The number of fused-ring (bicyclic) bond motifs is 1. The molecule has 3 rings (SSSR count). The predicted octanol–water partition coefficient (Wildman–Crippen LogP) is 4.63. The molecule has 1 atom stereocenters. The number of hydrogen-bond acceptors (Lipinski definition) is 3. The Kier molecular flexibility index (Phi) is 3.81. The summed E-state index contributed by atoms with van der Waals surface area (Å²) in [5.41, 5.74) is 2.33. The molecule has 0 saturated carbocycles. The van der Waals surface area contributed by atoms with Gasteiger partial charge in [0.25, 0.3) is 0 Å². The molecule has 2 nitrogen and oxygen atoms in total. The van der Waals surface area contributed by atoms with Crippen molar-refractivity contribution in [2.24, 2.45) is 0 Å². The van der Waals surface area contributed by atoms with Gasteiger partial charge in [-0.05, 0) is 37.7 Å². The average Bonchev–Trinajstić information content (AvgIpc) is 2.97. The molecule has 0 amide bonds. The van der Waals surface area contributed by atoms with Crippen LogP contribution in [0.3, 0.4) is 0 Å². The monoisotopic (exact) mass is 282 g/mol. The average molecular weight is 282 g/mol. The van der Waals surface area contributed by atoms with Crippen LogP contribution in [0.5, 0.6) is 0 Å². The molecule has 0 fully saturated rings. The van der Waals surface area contributed by atoms with Gasteiger partial charge >= 0.3 is 0 Å². The molecule has 2 aromatic heterocycles. The molecule has 0 aliphatic heterocycles. The molecule has 0 spiro atoms. The van der Waals surface area contributed by atoms with Gasteiger partial charge < -0.3 is 5.32 Å². The van der Waals surface area contributed by atoms with Crippen LogP contribution in [0.25, 0.3) is 21.3 Å². The molecular weight excluding hydrogens is 264 g/mol. The smallest absolute Gasteiger partial charge is 0.0708 e. The molecule has 102 valence electrons. The fourth-order valence-electron chi connectivity index (χ4n) is 2.46. The van der Waals surface area contributed by atoms with Crippen LogP contribution in [0.4, 0.5) is 0 Å². The van der Waals surface area contributed by atoms with Gasteiger partial charge in [0.1, 0.15) is 0 Å². The Morgan fingerprint density at radius 3 is 2.90 bits per heavy atom. The number of rotatable bonds is 4. The standard InChI is InChI=1S/C17H18N2S/c1-3-18-12(2)16-9-10-17(20-16)14-6-4-8-15-13(14)7-5-11-19-15/h4-12,18H,3H2,1-2H3. The Labute approximate surface area is 123 Å². The first kappa shape index (κ1) is 13.3. The van der Waals surface area contributed by atoms with E-state index in [1.165, 1.54) is 20.7 Å². The number of nitrogens with zero attached hydrogens (tertiary/aromatic N) is 1. The van der Waals surface area contributed by atoms with Gasteiger partial charge in [-0.3, -0.25) is 4.98 Å². The molecule has 3 heteroatoms. The lowest BCUT2D eigenvalue weighted by atomic mass is 10.1. The van der Waals surface area contributed by atoms with E-state index in [9.17, 15) is 0 Å². The molecule has 3 aromatic rings. The molecule has 0 aliphatic rings. The van der Waals surface area contributed by atoms with Gasteiger partial charge in [-0.1, -0.05) is 25.1 Å². The Morgan fingerprint density at radius 2 is 2.05 bits per heavy atom. The van der Waals surface area contributed by atoms with Gasteiger partial charge in [-0.2, -0.15) is 0 Å². The van der Waals surface area contributed by atoms with E-state index in [2.05, 4.69) is 60.5 Å². The van der Waals surface area contributed by atoms with E-state index >= 15 is 0 Å². The van der Waals surface area contributed by atoms with Crippen LogP contribution in [0.2, 0.25) is 0 Å². The number of hydrogen-bond donors (Lipinski definition) is 1. The highest BCUT2D eigenvalue weighted by Gasteiger charge is 2.10. The topological polar surface area (TPSA) is 24.9 Å². The van der Waals surface area contributed by atoms with E-state index < -0.39 is 0 Å². The summed E-state index contributed by atoms with van der Waals surface area (Å²) in [6.45, 7) is 5.34. The zero-order valence-electron chi connectivity index (χ0n) is 11.8. The van der Waals surface area contributed by atoms with E-state index in [1.54, 1.807) is 0 Å². The second-order valence-electron chi connectivity index (χ2n) is 4.86. The second kappa shape index (κ2) is 5.73. The van der Waals surface area contributed by atoms with E-state index in [4.69, 9.17) is 0 Å². The maximum atomic E-state index is 4.43. The maximum Gasteiger partial charge on any atom is 0.0708 e. The maximum absolute atomic E-state index is 4.43. The number of pyridine rings is 1. The molecule has 20 heavy (non-hydrogen) atoms. The summed E-state index contributed by atoms with van der Waals surface area (Å²) in [7, 11) is 0. The highest BCUT2D eigenvalue weighted by Crippen LogP contribution is 2.34. The van der Waals surface area contributed by atoms with Crippen LogP contribution >= 0.6 is 11.3 Å². The minimum atomic E-state index is 0.409. The third kappa shape index (κ3) is 2.47. The highest BCUT2D eigenvalue weighted by molar-refractivity contribution is 7.15. The van der Waals surface area contributed by atoms with Gasteiger partial charge in [0.05, 0.1) is 5.52 Å². The summed E-state index contributed by atoms with van der Waals surface area (Å²) in [5, 5.41) is 4.68. The van der Waals surface area contributed by atoms with Crippen molar-refractivity contribution in [2.75, 3.05) is 6.54 Å². The lowest BCUT2D eigenvalue weighted by molar-refractivity contribution is 0.607. The predicted molar refractivity (Wildman–Crippen MR) is 87.1 cm³/mol. The summed E-state index contributed by atoms with van der Waals surface area (Å²) in [6, 6.07) is 15.3. The van der Waals surface area contributed by atoms with Crippen molar-refractivity contribution in [1.29, 1.82) is 0 Å². The fourth-order valence-corrected chi connectivity index (χ4v) is 3.53. The minimum Gasteiger partial charge on any atom is -0.310 e. The molecule has 0 aliphatic carbocycles. The van der Waals surface area contributed by atoms with Gasteiger partial charge in [0, 0.05) is 32.9 Å². The number of benzene rings is 1. The van der Waals surface area contributed by atoms with Crippen LogP contribution in [0.15, 0.2) is 48.7 Å². The van der Waals surface area contributed by atoms with Gasteiger partial charge in [0.15, 0.2) is 0 Å². The van der Waals surface area contributed by atoms with Crippen LogP contribution in [0, 0.1) is 0 Å². The second-order valence-corrected chi connectivity index (χ2v) is 5.97. The summed E-state index contributed by atoms with van der Waals surface area (Å²) < 4.78 is 0. The van der Waals surface area contributed by atoms with Gasteiger partial charge in [-0.25, -0.2) is 0 Å². The first-order valence-electron chi connectivity index (χ1n) is 6.97. The first-order valence-corrected chi connectivity index (χ1v) is 7.78. The summed E-state index contributed by atoms with van der Waals surface area (Å²) >= 11 is 1.86. The molecular formula is C17H18N2S. The fraction of sp³-hybridized carbons (Fsp3) is 0.235. The molecule has 1 N–H and O–H groups in total. The molecule has 0 bridgehead atoms.